The van der Waals surface area contributed by atoms with Crippen LogP contribution in [0.1, 0.15) is 29.6 Å². The quantitative estimate of drug-likeness (QED) is 0.393. The summed E-state index contributed by atoms with van der Waals surface area (Å²) in [5, 5.41) is 9.08. The van der Waals surface area contributed by atoms with Crippen LogP contribution in [0.15, 0.2) is 24.3 Å². The number of phenolic OH excluding ortho intramolecular Hbond substituents is 1. The number of ether oxygens (including phenoxy) is 1. The molecule has 6 heteroatoms. The molecular formula is C13H18N2O4. The first kappa shape index (κ1) is 15.1. The van der Waals surface area contributed by atoms with Gasteiger partial charge in [-0.3, -0.25) is 0 Å². The minimum atomic E-state index is -0.826. The van der Waals surface area contributed by atoms with Gasteiger partial charge in [-0.1, -0.05) is 6.42 Å². The molecule has 0 saturated heterocycles. The van der Waals surface area contributed by atoms with Gasteiger partial charge in [0.25, 0.3) is 0 Å². The molecule has 1 aromatic rings. The Morgan fingerprint density at radius 2 is 1.84 bits per heavy atom. The normalized spacial score (nSPS) is 11.9. The highest BCUT2D eigenvalue weighted by molar-refractivity contribution is 5.98. The second kappa shape index (κ2) is 7.50. The van der Waals surface area contributed by atoms with Crippen molar-refractivity contribution in [3.8, 4) is 5.75 Å². The van der Waals surface area contributed by atoms with Crippen molar-refractivity contribution < 1.29 is 19.4 Å². The molecule has 0 saturated carbocycles. The van der Waals surface area contributed by atoms with Crippen LogP contribution in [-0.2, 0) is 9.53 Å². The molecule has 0 bridgehead atoms. The van der Waals surface area contributed by atoms with Gasteiger partial charge in [-0.2, -0.15) is 0 Å². The van der Waals surface area contributed by atoms with Gasteiger partial charge in [0, 0.05) is 0 Å². The minimum Gasteiger partial charge on any atom is -0.508 e. The fourth-order valence-electron chi connectivity index (χ4n) is 1.45. The molecule has 0 radical (unpaired) electrons. The van der Waals surface area contributed by atoms with Gasteiger partial charge in [0.1, 0.15) is 11.8 Å². The Balaban J connectivity index is 2.47. The van der Waals surface area contributed by atoms with E-state index in [1.807, 2.05) is 0 Å². The van der Waals surface area contributed by atoms with E-state index < -0.39 is 18.0 Å². The standard InChI is InChI=1S/C13H18N2O4/c14-8-2-1-3-11(15)13(18)19-12(17)9-4-6-10(16)7-5-9/h4-7,11,16H,1-3,8,14-15H2/t11-/m0/s1. The predicted octanol–water partition coefficient (Wildman–Crippen LogP) is 0.532. The number of aromatic hydroxyl groups is 1. The van der Waals surface area contributed by atoms with Crippen LogP contribution < -0.4 is 11.5 Å². The maximum Gasteiger partial charge on any atom is 0.345 e. The van der Waals surface area contributed by atoms with Gasteiger partial charge in [-0.05, 0) is 43.7 Å². The van der Waals surface area contributed by atoms with E-state index in [9.17, 15) is 9.59 Å². The van der Waals surface area contributed by atoms with Crippen LogP contribution in [-0.4, -0.2) is 29.6 Å². The number of benzene rings is 1. The number of unbranched alkanes of at least 4 members (excludes halogenated alkanes) is 1. The maximum absolute atomic E-state index is 11.6. The van der Waals surface area contributed by atoms with Crippen molar-refractivity contribution in [2.75, 3.05) is 6.54 Å². The molecule has 0 spiro atoms. The Morgan fingerprint density at radius 3 is 2.42 bits per heavy atom. The Labute approximate surface area is 111 Å². The summed E-state index contributed by atoms with van der Waals surface area (Å²) in [5.41, 5.74) is 11.1. The van der Waals surface area contributed by atoms with Crippen LogP contribution in [0.5, 0.6) is 5.75 Å². The SMILES string of the molecule is NCCCC[C@H](N)C(=O)OC(=O)c1ccc(O)cc1. The Kier molecular flexibility index (Phi) is 5.98. The lowest BCUT2D eigenvalue weighted by molar-refractivity contribution is -0.139. The van der Waals surface area contributed by atoms with E-state index in [0.717, 1.165) is 6.42 Å². The molecule has 0 heterocycles. The van der Waals surface area contributed by atoms with Crippen molar-refractivity contribution in [2.45, 2.75) is 25.3 Å². The van der Waals surface area contributed by atoms with Crippen LogP contribution in [0.2, 0.25) is 0 Å². The van der Waals surface area contributed by atoms with E-state index >= 15 is 0 Å². The van der Waals surface area contributed by atoms with Crippen LogP contribution in [0, 0.1) is 0 Å². The largest absolute Gasteiger partial charge is 0.508 e. The zero-order chi connectivity index (χ0) is 14.3. The van der Waals surface area contributed by atoms with E-state index in [1.165, 1.54) is 24.3 Å². The third kappa shape index (κ3) is 5.07. The smallest absolute Gasteiger partial charge is 0.345 e. The average Bonchev–Trinajstić information content (AvgIpc) is 2.39. The molecular weight excluding hydrogens is 248 g/mol. The van der Waals surface area contributed by atoms with Gasteiger partial charge in [0.05, 0.1) is 5.56 Å². The van der Waals surface area contributed by atoms with Crippen molar-refractivity contribution in [1.82, 2.24) is 0 Å². The first-order valence-electron chi connectivity index (χ1n) is 6.05. The Morgan fingerprint density at radius 1 is 1.21 bits per heavy atom. The van der Waals surface area contributed by atoms with E-state index in [4.69, 9.17) is 16.6 Å². The Bertz CT molecular complexity index is 431. The van der Waals surface area contributed by atoms with Crippen LogP contribution in [0.4, 0.5) is 0 Å². The summed E-state index contributed by atoms with van der Waals surface area (Å²) in [6, 6.07) is 4.58. The molecule has 5 N–H and O–H groups in total. The van der Waals surface area contributed by atoms with Gasteiger partial charge in [0.2, 0.25) is 0 Å². The average molecular weight is 266 g/mol. The number of hydrogen-bond donors (Lipinski definition) is 3. The molecule has 1 atom stereocenters. The molecule has 0 unspecified atom stereocenters. The van der Waals surface area contributed by atoms with Crippen LogP contribution in [0.3, 0.4) is 0 Å². The van der Waals surface area contributed by atoms with Gasteiger partial charge >= 0.3 is 11.9 Å². The van der Waals surface area contributed by atoms with Gasteiger partial charge < -0.3 is 21.3 Å². The van der Waals surface area contributed by atoms with Crippen molar-refractivity contribution >= 4 is 11.9 Å². The lowest BCUT2D eigenvalue weighted by Crippen LogP contribution is -2.33. The maximum atomic E-state index is 11.6. The molecule has 0 fully saturated rings. The highest BCUT2D eigenvalue weighted by Crippen LogP contribution is 2.11. The zero-order valence-corrected chi connectivity index (χ0v) is 10.5. The highest BCUT2D eigenvalue weighted by atomic mass is 16.6. The molecule has 104 valence electrons. The lowest BCUT2D eigenvalue weighted by atomic mass is 10.1. The third-order valence-corrected chi connectivity index (χ3v) is 2.57. The lowest BCUT2D eigenvalue weighted by Gasteiger charge is -2.09. The molecule has 1 rings (SSSR count). The summed E-state index contributed by atoms with van der Waals surface area (Å²) in [7, 11) is 0. The van der Waals surface area contributed by atoms with Gasteiger partial charge in [-0.25, -0.2) is 9.59 Å². The summed E-state index contributed by atoms with van der Waals surface area (Å²) in [6.45, 7) is 0.536. The predicted molar refractivity (Wildman–Crippen MR) is 69.4 cm³/mol. The minimum absolute atomic E-state index is 0.0290. The number of rotatable bonds is 6. The van der Waals surface area contributed by atoms with E-state index in [1.54, 1.807) is 0 Å². The Hall–Kier alpha value is -1.92. The number of hydrogen-bond acceptors (Lipinski definition) is 6. The molecule has 6 nitrogen and oxygen atoms in total. The fraction of sp³-hybridized carbons (Fsp3) is 0.385. The number of carbonyl (C=O) groups is 2. The van der Waals surface area contributed by atoms with E-state index in [2.05, 4.69) is 4.74 Å². The number of carbonyl (C=O) groups excluding carboxylic acids is 2. The molecule has 19 heavy (non-hydrogen) atoms. The molecule has 0 aliphatic carbocycles. The number of phenols is 1. The van der Waals surface area contributed by atoms with Crippen molar-refractivity contribution in [2.24, 2.45) is 11.5 Å². The second-order valence-corrected chi connectivity index (χ2v) is 4.15. The second-order valence-electron chi connectivity index (χ2n) is 4.15. The highest BCUT2D eigenvalue weighted by Gasteiger charge is 2.19. The summed E-state index contributed by atoms with van der Waals surface area (Å²) < 4.78 is 4.65. The van der Waals surface area contributed by atoms with E-state index in [-0.39, 0.29) is 11.3 Å². The molecule has 0 amide bonds. The summed E-state index contributed by atoms with van der Waals surface area (Å²) in [4.78, 5) is 23.1. The fourth-order valence-corrected chi connectivity index (χ4v) is 1.45. The van der Waals surface area contributed by atoms with Crippen LogP contribution >= 0.6 is 0 Å². The molecule has 0 aliphatic heterocycles. The summed E-state index contributed by atoms with van der Waals surface area (Å²) in [6.07, 6.45) is 1.91. The third-order valence-electron chi connectivity index (χ3n) is 2.57. The monoisotopic (exact) mass is 266 g/mol. The zero-order valence-electron chi connectivity index (χ0n) is 10.5. The molecule has 0 aliphatic rings. The van der Waals surface area contributed by atoms with Crippen molar-refractivity contribution in [1.29, 1.82) is 0 Å². The molecule has 1 aromatic carbocycles. The summed E-state index contributed by atoms with van der Waals surface area (Å²) >= 11 is 0. The topological polar surface area (TPSA) is 116 Å². The van der Waals surface area contributed by atoms with Crippen molar-refractivity contribution in [3.63, 3.8) is 0 Å². The summed E-state index contributed by atoms with van der Waals surface area (Å²) in [5.74, 6) is -1.50. The van der Waals surface area contributed by atoms with Crippen LogP contribution in [0.25, 0.3) is 0 Å². The first-order chi connectivity index (χ1) is 9.04. The molecule has 0 aromatic heterocycles. The van der Waals surface area contributed by atoms with Crippen molar-refractivity contribution in [3.05, 3.63) is 29.8 Å². The van der Waals surface area contributed by atoms with E-state index in [0.29, 0.717) is 19.4 Å². The number of esters is 2. The van der Waals surface area contributed by atoms with Gasteiger partial charge in [-0.15, -0.1) is 0 Å². The first-order valence-corrected chi connectivity index (χ1v) is 6.05. The van der Waals surface area contributed by atoms with Gasteiger partial charge in [0.15, 0.2) is 0 Å². The number of nitrogens with two attached hydrogens (primary N) is 2.